The number of aromatic nitrogens is 3. The molecule has 40 heavy (non-hydrogen) atoms. The summed E-state index contributed by atoms with van der Waals surface area (Å²) in [5.41, 5.74) is 4.39. The van der Waals surface area contributed by atoms with E-state index >= 15 is 0 Å². The van der Waals surface area contributed by atoms with Gasteiger partial charge in [-0.2, -0.15) is 5.10 Å². The molecule has 1 atom stereocenters. The Morgan fingerprint density at radius 1 is 0.950 bits per heavy atom. The first-order chi connectivity index (χ1) is 19.3. The number of methoxy groups -OCH3 is 1. The number of hydrogen-bond donors (Lipinski definition) is 0. The van der Waals surface area contributed by atoms with Crippen LogP contribution in [0.25, 0.3) is 22.3 Å². The normalized spacial score (nSPS) is 16.2. The molecule has 1 aliphatic heterocycles. The zero-order valence-electron chi connectivity index (χ0n) is 22.2. The van der Waals surface area contributed by atoms with E-state index in [1.165, 1.54) is 0 Å². The maximum atomic E-state index is 14.6. The molecule has 0 saturated carbocycles. The van der Waals surface area contributed by atoms with E-state index in [0.717, 1.165) is 16.9 Å². The van der Waals surface area contributed by atoms with Crippen LogP contribution in [0.4, 0.5) is 11.4 Å². The Bertz CT molecular complexity index is 1760. The maximum Gasteiger partial charge on any atom is 0.263 e. The molecule has 2 aromatic heterocycles. The lowest BCUT2D eigenvalue weighted by molar-refractivity contribution is 0.100. The minimum Gasteiger partial charge on any atom is -0.497 e. The predicted octanol–water partition coefficient (Wildman–Crippen LogP) is 5.75. The van der Waals surface area contributed by atoms with Gasteiger partial charge in [0.2, 0.25) is 0 Å². The number of para-hydroxylation sites is 2. The van der Waals surface area contributed by atoms with Gasteiger partial charge in [0.05, 0.1) is 47.0 Å². The van der Waals surface area contributed by atoms with Gasteiger partial charge >= 0.3 is 0 Å². The molecule has 202 valence electrons. The van der Waals surface area contributed by atoms with Crippen molar-refractivity contribution in [3.05, 3.63) is 102 Å². The highest BCUT2D eigenvalue weighted by atomic mass is 32.2. The van der Waals surface area contributed by atoms with Gasteiger partial charge < -0.3 is 4.74 Å². The highest BCUT2D eigenvalue weighted by Gasteiger charge is 2.33. The van der Waals surface area contributed by atoms with Crippen molar-refractivity contribution in [3.8, 4) is 17.0 Å². The van der Waals surface area contributed by atoms with Gasteiger partial charge in [-0.15, -0.1) is 0 Å². The molecule has 3 aromatic carbocycles. The van der Waals surface area contributed by atoms with Crippen molar-refractivity contribution in [1.82, 2.24) is 14.8 Å². The van der Waals surface area contributed by atoms with Gasteiger partial charge in [-0.05, 0) is 67.9 Å². The number of pyridine rings is 1. The summed E-state index contributed by atoms with van der Waals surface area (Å²) in [6.07, 6.45) is 0.455. The monoisotopic (exact) mass is 552 g/mol. The number of benzene rings is 3. The fourth-order valence-electron chi connectivity index (χ4n) is 5.27. The summed E-state index contributed by atoms with van der Waals surface area (Å²) < 4.78 is 31.7. The van der Waals surface area contributed by atoms with E-state index in [-0.39, 0.29) is 23.5 Å². The summed E-state index contributed by atoms with van der Waals surface area (Å²) in [6, 6.07) is 27.9. The topological polar surface area (TPSA) is 94.4 Å². The van der Waals surface area contributed by atoms with E-state index in [2.05, 4.69) is 0 Å². The number of anilines is 2. The molecule has 0 spiro atoms. The molecule has 1 unspecified atom stereocenters. The molecule has 1 fully saturated rings. The average Bonchev–Trinajstić information content (AvgIpc) is 3.52. The molecule has 1 amide bonds. The van der Waals surface area contributed by atoms with Crippen molar-refractivity contribution in [1.29, 1.82) is 0 Å². The maximum absolute atomic E-state index is 14.6. The SMILES string of the molecule is COc1ccc(-c2cc(C(=O)N(c3ccccc3)c3ccccc3)c3c(C)nn(C4CCS(=O)(=O)C4)c3n2)cc1. The molecule has 1 saturated heterocycles. The van der Waals surface area contributed by atoms with Gasteiger partial charge in [0.1, 0.15) is 5.75 Å². The first-order valence-corrected chi connectivity index (χ1v) is 14.9. The molecule has 0 N–H and O–H groups in total. The second kappa shape index (κ2) is 10.2. The smallest absolute Gasteiger partial charge is 0.263 e. The zero-order chi connectivity index (χ0) is 27.9. The fourth-order valence-corrected chi connectivity index (χ4v) is 6.96. The summed E-state index contributed by atoms with van der Waals surface area (Å²) in [4.78, 5) is 21.2. The third kappa shape index (κ3) is 4.73. The van der Waals surface area contributed by atoms with Crippen LogP contribution < -0.4 is 9.64 Å². The highest BCUT2D eigenvalue weighted by Crippen LogP contribution is 2.35. The number of aryl methyl sites for hydroxylation is 1. The Hall–Kier alpha value is -4.50. The Morgan fingerprint density at radius 3 is 2.12 bits per heavy atom. The summed E-state index contributed by atoms with van der Waals surface area (Å²) in [7, 11) is -1.56. The van der Waals surface area contributed by atoms with Gasteiger partial charge in [-0.3, -0.25) is 9.69 Å². The molecule has 8 nitrogen and oxygen atoms in total. The number of amides is 1. The van der Waals surface area contributed by atoms with Crippen molar-refractivity contribution in [2.24, 2.45) is 0 Å². The predicted molar refractivity (Wildman–Crippen MR) is 156 cm³/mol. The van der Waals surface area contributed by atoms with Crippen LogP contribution in [0.2, 0.25) is 0 Å². The Balaban J connectivity index is 1.58. The molecular formula is C31H28N4O4S. The van der Waals surface area contributed by atoms with Crippen LogP contribution in [0.3, 0.4) is 0 Å². The van der Waals surface area contributed by atoms with Gasteiger partial charge in [-0.1, -0.05) is 36.4 Å². The van der Waals surface area contributed by atoms with E-state index in [1.807, 2.05) is 91.9 Å². The molecule has 0 radical (unpaired) electrons. The molecule has 9 heteroatoms. The first-order valence-electron chi connectivity index (χ1n) is 13.0. The number of ether oxygens (including phenoxy) is 1. The zero-order valence-corrected chi connectivity index (χ0v) is 23.0. The van der Waals surface area contributed by atoms with Gasteiger partial charge in [-0.25, -0.2) is 18.1 Å². The molecule has 5 aromatic rings. The fraction of sp³-hybridized carbons (Fsp3) is 0.194. The minimum atomic E-state index is -3.16. The van der Waals surface area contributed by atoms with Crippen LogP contribution in [0.1, 0.15) is 28.5 Å². The Morgan fingerprint density at radius 2 is 1.57 bits per heavy atom. The molecule has 6 rings (SSSR count). The minimum absolute atomic E-state index is 0.00109. The highest BCUT2D eigenvalue weighted by molar-refractivity contribution is 7.91. The number of nitrogens with zero attached hydrogens (tertiary/aromatic N) is 4. The van der Waals surface area contributed by atoms with Crippen molar-refractivity contribution in [2.75, 3.05) is 23.5 Å². The second-order valence-corrected chi connectivity index (χ2v) is 12.1. The molecule has 1 aliphatic rings. The largest absolute Gasteiger partial charge is 0.497 e. The van der Waals surface area contributed by atoms with E-state index in [9.17, 15) is 13.2 Å². The third-order valence-electron chi connectivity index (χ3n) is 7.24. The summed E-state index contributed by atoms with van der Waals surface area (Å²) in [5, 5.41) is 5.36. The second-order valence-electron chi connectivity index (χ2n) is 9.88. The first kappa shape index (κ1) is 25.8. The van der Waals surface area contributed by atoms with Crippen LogP contribution in [-0.2, 0) is 9.84 Å². The van der Waals surface area contributed by atoms with E-state index in [1.54, 1.807) is 22.8 Å². The van der Waals surface area contributed by atoms with Gasteiger partial charge in [0.15, 0.2) is 15.5 Å². The molecule has 3 heterocycles. The number of fused-ring (bicyclic) bond motifs is 1. The third-order valence-corrected chi connectivity index (χ3v) is 8.99. The lowest BCUT2D eigenvalue weighted by atomic mass is 10.0. The van der Waals surface area contributed by atoms with Crippen LogP contribution in [0.5, 0.6) is 5.75 Å². The van der Waals surface area contributed by atoms with Crippen LogP contribution in [0, 0.1) is 6.92 Å². The van der Waals surface area contributed by atoms with Crippen LogP contribution in [-0.4, -0.2) is 47.7 Å². The Labute approximate surface area is 232 Å². The van der Waals surface area contributed by atoms with Gasteiger partial charge in [0, 0.05) is 16.9 Å². The van der Waals surface area contributed by atoms with Crippen molar-refractivity contribution in [2.45, 2.75) is 19.4 Å². The summed E-state index contributed by atoms with van der Waals surface area (Å²) in [6.45, 7) is 1.84. The van der Waals surface area contributed by atoms with E-state index in [4.69, 9.17) is 14.8 Å². The standard InChI is InChI=1S/C31H28N4O4S/c1-21-29-27(31(36)34(23-9-5-3-6-10-23)24-11-7-4-8-12-24)19-28(22-13-15-26(39-2)16-14-22)32-30(29)35(33-21)25-17-18-40(37,38)20-25/h3-16,19,25H,17-18,20H2,1-2H3. The number of rotatable bonds is 6. The van der Waals surface area contributed by atoms with Crippen molar-refractivity contribution in [3.63, 3.8) is 0 Å². The number of hydrogen-bond acceptors (Lipinski definition) is 6. The van der Waals surface area contributed by atoms with Gasteiger partial charge in [0.25, 0.3) is 5.91 Å². The molecule has 0 aliphatic carbocycles. The number of sulfone groups is 1. The van der Waals surface area contributed by atoms with E-state index < -0.39 is 9.84 Å². The Kier molecular flexibility index (Phi) is 6.59. The number of carbonyl (C=O) groups is 1. The lowest BCUT2D eigenvalue weighted by Gasteiger charge is -2.24. The lowest BCUT2D eigenvalue weighted by Crippen LogP contribution is -2.26. The van der Waals surface area contributed by atoms with Crippen molar-refractivity contribution >= 4 is 38.2 Å². The molecular weight excluding hydrogens is 524 g/mol. The quantitative estimate of drug-likeness (QED) is 0.266. The van der Waals surface area contributed by atoms with Crippen LogP contribution in [0.15, 0.2) is 91.0 Å². The summed E-state index contributed by atoms with van der Waals surface area (Å²) >= 11 is 0. The average molecular weight is 553 g/mol. The number of carbonyl (C=O) groups excluding carboxylic acids is 1. The van der Waals surface area contributed by atoms with Crippen LogP contribution >= 0.6 is 0 Å². The van der Waals surface area contributed by atoms with Crippen molar-refractivity contribution < 1.29 is 17.9 Å². The molecule has 0 bridgehead atoms. The summed E-state index contributed by atoms with van der Waals surface area (Å²) in [5.74, 6) is 0.581. The van der Waals surface area contributed by atoms with E-state index in [0.29, 0.717) is 40.2 Å².